The summed E-state index contributed by atoms with van der Waals surface area (Å²) < 4.78 is 5.45. The zero-order valence-electron chi connectivity index (χ0n) is 25.1. The van der Waals surface area contributed by atoms with Crippen LogP contribution in [0.1, 0.15) is 111 Å². The summed E-state index contributed by atoms with van der Waals surface area (Å²) in [6.07, 6.45) is 15.6. The zero-order valence-corrected chi connectivity index (χ0v) is 25.9. The number of fused-ring (bicyclic) bond motifs is 2. The molecule has 0 aromatic carbocycles. The Morgan fingerprint density at radius 1 is 0.725 bits per heavy atom. The Morgan fingerprint density at radius 2 is 1.18 bits per heavy atom. The Kier molecular flexibility index (Phi) is 10.7. The quantitative estimate of drug-likeness (QED) is 0.490. The van der Waals surface area contributed by atoms with Crippen LogP contribution in [-0.4, -0.2) is 88.6 Å². The number of carbonyl (C=O) groups excluding carboxylic acids is 3. The summed E-state index contributed by atoms with van der Waals surface area (Å²) in [5.74, 6) is 2.07. The molecular weight excluding hydrogens is 528 g/mol. The molecule has 6 fully saturated rings. The highest BCUT2D eigenvalue weighted by atomic mass is 35.5. The van der Waals surface area contributed by atoms with E-state index in [1.807, 2.05) is 20.8 Å². The minimum Gasteiger partial charge on any atom is -0.444 e. The van der Waals surface area contributed by atoms with Crippen molar-refractivity contribution in [2.24, 2.45) is 11.8 Å². The van der Waals surface area contributed by atoms with Gasteiger partial charge in [0.1, 0.15) is 5.60 Å². The fourth-order valence-electron chi connectivity index (χ4n) is 8.30. The molecule has 0 spiro atoms. The largest absolute Gasteiger partial charge is 0.444 e. The molecule has 6 aliphatic rings. The fourth-order valence-corrected chi connectivity index (χ4v) is 8.30. The van der Waals surface area contributed by atoms with Gasteiger partial charge in [0.25, 0.3) is 0 Å². The van der Waals surface area contributed by atoms with Crippen LogP contribution in [0.25, 0.3) is 0 Å². The van der Waals surface area contributed by atoms with Crippen molar-refractivity contribution in [2.45, 2.75) is 140 Å². The van der Waals surface area contributed by atoms with E-state index < -0.39 is 5.60 Å². The highest BCUT2D eigenvalue weighted by Gasteiger charge is 2.45. The van der Waals surface area contributed by atoms with Gasteiger partial charge in [-0.15, -0.1) is 12.4 Å². The zero-order chi connectivity index (χ0) is 27.6. The van der Waals surface area contributed by atoms with Gasteiger partial charge in [0, 0.05) is 50.1 Å². The van der Waals surface area contributed by atoms with E-state index in [0.29, 0.717) is 60.9 Å². The summed E-state index contributed by atoms with van der Waals surface area (Å²) in [7, 11) is 0. The molecule has 4 atom stereocenters. The molecule has 2 saturated carbocycles. The standard InChI is InChI=1S/C18H30N2O3.C13H22N2O.ClH/c1-18(2,3)23-17(22)19-10-8-14(9-11-19)20-15-7-5-4-6-13(15)12-16(20)21;16-13-9-10-3-1-2-4-12(10)15(13)11-5-7-14-8-6-11;/h13-15H,4-12H2,1-3H3;10-12,14H,1-9H2;1H/t13-,15+;10-,12+;/m11./s1. The van der Waals surface area contributed by atoms with Gasteiger partial charge in [-0.2, -0.15) is 0 Å². The summed E-state index contributed by atoms with van der Waals surface area (Å²) in [5, 5.41) is 3.39. The molecule has 4 heterocycles. The summed E-state index contributed by atoms with van der Waals surface area (Å²) >= 11 is 0. The molecule has 1 N–H and O–H groups in total. The number of amides is 3. The highest BCUT2D eigenvalue weighted by Crippen LogP contribution is 2.40. The lowest BCUT2D eigenvalue weighted by atomic mass is 9.84. The second kappa shape index (κ2) is 13.6. The predicted octanol–water partition coefficient (Wildman–Crippen LogP) is 5.13. The number of rotatable bonds is 2. The summed E-state index contributed by atoms with van der Waals surface area (Å²) in [6.45, 7) is 9.25. The van der Waals surface area contributed by atoms with E-state index >= 15 is 0 Å². The number of carbonyl (C=O) groups is 3. The number of nitrogens with zero attached hydrogens (tertiary/aromatic N) is 3. The summed E-state index contributed by atoms with van der Waals surface area (Å²) in [6, 6.07) is 1.93. The van der Waals surface area contributed by atoms with E-state index in [-0.39, 0.29) is 18.5 Å². The molecule has 3 amide bonds. The van der Waals surface area contributed by atoms with Crippen LogP contribution in [0, 0.1) is 11.8 Å². The van der Waals surface area contributed by atoms with Gasteiger partial charge in [-0.25, -0.2) is 4.79 Å². The van der Waals surface area contributed by atoms with Crippen LogP contribution in [0.3, 0.4) is 0 Å². The first-order chi connectivity index (χ1) is 18.7. The maximum Gasteiger partial charge on any atom is 0.410 e. The minimum absolute atomic E-state index is 0. The number of nitrogens with one attached hydrogen (secondary N) is 1. The van der Waals surface area contributed by atoms with Crippen molar-refractivity contribution in [3.8, 4) is 0 Å². The molecule has 9 heteroatoms. The number of hydrogen-bond acceptors (Lipinski definition) is 5. The van der Waals surface area contributed by atoms with Crippen LogP contribution >= 0.6 is 12.4 Å². The lowest BCUT2D eigenvalue weighted by Gasteiger charge is -2.41. The van der Waals surface area contributed by atoms with E-state index in [1.165, 1.54) is 51.4 Å². The molecule has 8 nitrogen and oxygen atoms in total. The molecule has 228 valence electrons. The number of ether oxygens (including phenoxy) is 1. The van der Waals surface area contributed by atoms with Gasteiger partial charge in [0.2, 0.25) is 11.8 Å². The van der Waals surface area contributed by atoms with Crippen molar-refractivity contribution in [1.82, 2.24) is 20.0 Å². The molecule has 4 saturated heterocycles. The third-order valence-corrected chi connectivity index (χ3v) is 10.1. The molecular formula is C31H53ClN4O4. The predicted molar refractivity (Wildman–Crippen MR) is 158 cm³/mol. The number of hydrogen-bond donors (Lipinski definition) is 1. The van der Waals surface area contributed by atoms with E-state index in [0.717, 1.165) is 51.6 Å². The first kappa shape index (κ1) is 31.4. The normalized spacial score (nSPS) is 31.6. The van der Waals surface area contributed by atoms with Crippen molar-refractivity contribution in [3.63, 3.8) is 0 Å². The summed E-state index contributed by atoms with van der Waals surface area (Å²) in [4.78, 5) is 43.0. The fraction of sp³-hybridized carbons (Fsp3) is 0.903. The van der Waals surface area contributed by atoms with Crippen molar-refractivity contribution < 1.29 is 19.1 Å². The second-order valence-electron chi connectivity index (χ2n) is 13.9. The van der Waals surface area contributed by atoms with Crippen LogP contribution in [-0.2, 0) is 14.3 Å². The van der Waals surface area contributed by atoms with Gasteiger partial charge in [0.05, 0.1) is 0 Å². The SMILES string of the molecule is CC(C)(C)OC(=O)N1CCC(N2C(=O)C[C@H]3CCCC[C@@H]32)CC1.Cl.O=C1C[C@H]2CCCC[C@@H]2N1C1CCNCC1. The average Bonchev–Trinajstić information content (AvgIpc) is 3.43. The molecule has 0 bridgehead atoms. The average molecular weight is 581 g/mol. The van der Waals surface area contributed by atoms with Crippen LogP contribution < -0.4 is 5.32 Å². The van der Waals surface area contributed by atoms with E-state index in [2.05, 4.69) is 15.1 Å². The van der Waals surface area contributed by atoms with Crippen molar-refractivity contribution in [1.29, 1.82) is 0 Å². The van der Waals surface area contributed by atoms with Crippen molar-refractivity contribution in [2.75, 3.05) is 26.2 Å². The number of likely N-dealkylation sites (tertiary alicyclic amines) is 3. The first-order valence-corrected chi connectivity index (χ1v) is 16.0. The number of piperidine rings is 2. The Bertz CT molecular complexity index is 881. The lowest BCUT2D eigenvalue weighted by Crippen LogP contribution is -2.51. The van der Waals surface area contributed by atoms with Crippen LogP contribution in [0.4, 0.5) is 4.79 Å². The smallest absolute Gasteiger partial charge is 0.410 e. The van der Waals surface area contributed by atoms with Crippen LogP contribution in [0.5, 0.6) is 0 Å². The molecule has 0 unspecified atom stereocenters. The Balaban J connectivity index is 0.000000191. The van der Waals surface area contributed by atoms with Gasteiger partial charge in [-0.1, -0.05) is 25.7 Å². The summed E-state index contributed by atoms with van der Waals surface area (Å²) in [5.41, 5.74) is -0.450. The minimum atomic E-state index is -0.450. The van der Waals surface area contributed by atoms with Gasteiger partial charge in [-0.05, 0) is 97.1 Å². The van der Waals surface area contributed by atoms with Gasteiger partial charge in [-0.3, -0.25) is 9.59 Å². The lowest BCUT2D eigenvalue weighted by molar-refractivity contribution is -0.133. The molecule has 6 rings (SSSR count). The third-order valence-electron chi connectivity index (χ3n) is 10.1. The number of halogens is 1. The molecule has 0 radical (unpaired) electrons. The van der Waals surface area contributed by atoms with Gasteiger partial charge in [0.15, 0.2) is 0 Å². The second-order valence-corrected chi connectivity index (χ2v) is 13.9. The van der Waals surface area contributed by atoms with Crippen LogP contribution in [0.15, 0.2) is 0 Å². The maximum absolute atomic E-state index is 12.5. The maximum atomic E-state index is 12.5. The highest BCUT2D eigenvalue weighted by molar-refractivity contribution is 5.85. The Hall–Kier alpha value is -1.54. The van der Waals surface area contributed by atoms with Gasteiger partial charge < -0.3 is 24.8 Å². The van der Waals surface area contributed by atoms with Crippen LogP contribution in [0.2, 0.25) is 0 Å². The van der Waals surface area contributed by atoms with E-state index in [9.17, 15) is 14.4 Å². The third kappa shape index (κ3) is 7.26. The molecule has 2 aliphatic carbocycles. The Morgan fingerprint density at radius 3 is 1.65 bits per heavy atom. The molecule has 4 aliphatic heterocycles. The van der Waals surface area contributed by atoms with Crippen molar-refractivity contribution in [3.05, 3.63) is 0 Å². The Labute approximate surface area is 247 Å². The van der Waals surface area contributed by atoms with E-state index in [1.54, 1.807) is 4.90 Å². The topological polar surface area (TPSA) is 82.2 Å². The monoisotopic (exact) mass is 580 g/mol. The first-order valence-electron chi connectivity index (χ1n) is 16.0. The molecule has 0 aromatic heterocycles. The van der Waals surface area contributed by atoms with Gasteiger partial charge >= 0.3 is 6.09 Å². The van der Waals surface area contributed by atoms with E-state index in [4.69, 9.17) is 4.74 Å². The molecule has 0 aromatic rings. The van der Waals surface area contributed by atoms with Crippen molar-refractivity contribution >= 4 is 30.3 Å². The molecule has 40 heavy (non-hydrogen) atoms.